The van der Waals surface area contributed by atoms with E-state index in [-0.39, 0.29) is 18.3 Å². The molecule has 0 bridgehead atoms. The number of aromatic nitrogens is 1. The van der Waals surface area contributed by atoms with Gasteiger partial charge in [-0.2, -0.15) is 0 Å². The van der Waals surface area contributed by atoms with Gasteiger partial charge in [-0.15, -0.1) is 5.43 Å². The van der Waals surface area contributed by atoms with Crippen LogP contribution in [0, 0.1) is 6.92 Å². The minimum Gasteiger partial charge on any atom is -1.00 e. The molecule has 2 aromatic rings. The lowest BCUT2D eigenvalue weighted by molar-refractivity contribution is -0.647. The first kappa shape index (κ1) is 13.2. The summed E-state index contributed by atoms with van der Waals surface area (Å²) in [7, 11) is 0. The van der Waals surface area contributed by atoms with Crippen LogP contribution in [0.1, 0.15) is 16.1 Å². The summed E-state index contributed by atoms with van der Waals surface area (Å²) in [5, 5.41) is 0. The number of aryl methyl sites for hydroxylation is 1. The van der Waals surface area contributed by atoms with Crippen molar-refractivity contribution in [1.29, 1.82) is 0 Å². The van der Waals surface area contributed by atoms with Crippen LogP contribution in [0.5, 0.6) is 0 Å². The highest BCUT2D eigenvalue weighted by molar-refractivity contribution is 5.98. The number of rotatable bonds is 2. The van der Waals surface area contributed by atoms with Gasteiger partial charge < -0.3 is 12.4 Å². The molecule has 0 saturated heterocycles. The van der Waals surface area contributed by atoms with Crippen molar-refractivity contribution in [3.8, 4) is 0 Å². The number of hydrogen-bond acceptors (Lipinski definition) is 1. The Bertz CT molecular complexity index is 500. The molecule has 0 fully saturated rings. The summed E-state index contributed by atoms with van der Waals surface area (Å²) in [5.41, 5.74) is 4.43. The minimum atomic E-state index is -0.111. The molecular formula is C13H13ClN2O. The van der Waals surface area contributed by atoms with Crippen molar-refractivity contribution in [3.05, 3.63) is 66.0 Å². The lowest BCUT2D eigenvalue weighted by atomic mass is 10.2. The fourth-order valence-corrected chi connectivity index (χ4v) is 1.42. The van der Waals surface area contributed by atoms with E-state index >= 15 is 0 Å². The monoisotopic (exact) mass is 248 g/mol. The van der Waals surface area contributed by atoms with Crippen molar-refractivity contribution in [3.63, 3.8) is 0 Å². The summed E-state index contributed by atoms with van der Waals surface area (Å²) < 4.78 is 1.70. The predicted octanol–water partition coefficient (Wildman–Crippen LogP) is -1.33. The normalized spacial score (nSPS) is 9.24. The average molecular weight is 249 g/mol. The molecule has 1 N–H and O–H groups in total. The number of carbonyl (C=O) groups is 1. The fraction of sp³-hybridized carbons (Fsp3) is 0.0769. The van der Waals surface area contributed by atoms with Gasteiger partial charge in [0.25, 0.3) is 0 Å². The molecule has 88 valence electrons. The van der Waals surface area contributed by atoms with Crippen LogP contribution in [0.3, 0.4) is 0 Å². The SMILES string of the molecule is Cc1cccc[n+]1NC(=O)c1ccccc1.[Cl-]. The van der Waals surface area contributed by atoms with E-state index in [1.54, 1.807) is 16.8 Å². The molecule has 0 atom stereocenters. The molecule has 0 aliphatic heterocycles. The maximum atomic E-state index is 11.8. The van der Waals surface area contributed by atoms with Crippen molar-refractivity contribution in [2.45, 2.75) is 6.92 Å². The summed E-state index contributed by atoms with van der Waals surface area (Å²) in [4.78, 5) is 11.8. The third-order valence-corrected chi connectivity index (χ3v) is 2.32. The summed E-state index contributed by atoms with van der Waals surface area (Å²) in [6.07, 6.45) is 1.82. The summed E-state index contributed by atoms with van der Waals surface area (Å²) in [5.74, 6) is -0.111. The van der Waals surface area contributed by atoms with E-state index in [2.05, 4.69) is 5.43 Å². The first-order valence-corrected chi connectivity index (χ1v) is 5.11. The molecule has 0 spiro atoms. The number of carbonyl (C=O) groups excluding carboxylic acids is 1. The van der Waals surface area contributed by atoms with E-state index in [0.29, 0.717) is 5.56 Å². The number of halogens is 1. The van der Waals surface area contributed by atoms with E-state index < -0.39 is 0 Å². The highest BCUT2D eigenvalue weighted by atomic mass is 35.5. The van der Waals surface area contributed by atoms with E-state index in [4.69, 9.17) is 0 Å². The molecule has 1 amide bonds. The molecule has 4 heteroatoms. The lowest BCUT2D eigenvalue weighted by Gasteiger charge is -2.01. The second-order valence-electron chi connectivity index (χ2n) is 3.52. The smallest absolute Gasteiger partial charge is 0.305 e. The predicted molar refractivity (Wildman–Crippen MR) is 61.5 cm³/mol. The molecular weight excluding hydrogens is 236 g/mol. The zero-order valence-corrected chi connectivity index (χ0v) is 10.2. The van der Waals surface area contributed by atoms with Crippen LogP contribution >= 0.6 is 0 Å². The van der Waals surface area contributed by atoms with Gasteiger partial charge in [0.1, 0.15) is 0 Å². The van der Waals surface area contributed by atoms with Gasteiger partial charge in [0, 0.05) is 24.6 Å². The van der Waals surface area contributed by atoms with E-state index in [1.807, 2.05) is 49.5 Å². The van der Waals surface area contributed by atoms with Gasteiger partial charge in [0.15, 0.2) is 6.20 Å². The van der Waals surface area contributed by atoms with Crippen LogP contribution in [-0.2, 0) is 0 Å². The van der Waals surface area contributed by atoms with Crippen LogP contribution in [-0.4, -0.2) is 5.91 Å². The number of pyridine rings is 1. The molecule has 1 aromatic heterocycles. The van der Waals surface area contributed by atoms with Crippen LogP contribution in [0.15, 0.2) is 54.7 Å². The molecule has 0 aliphatic carbocycles. The number of benzene rings is 1. The summed E-state index contributed by atoms with van der Waals surface area (Å²) in [6, 6.07) is 14.9. The van der Waals surface area contributed by atoms with Gasteiger partial charge >= 0.3 is 5.91 Å². The van der Waals surface area contributed by atoms with Crippen molar-refractivity contribution in [1.82, 2.24) is 0 Å². The van der Waals surface area contributed by atoms with E-state index in [1.165, 1.54) is 0 Å². The second-order valence-corrected chi connectivity index (χ2v) is 3.52. The Kier molecular flexibility index (Phi) is 4.67. The Hall–Kier alpha value is -1.87. The molecule has 3 nitrogen and oxygen atoms in total. The molecule has 1 aromatic carbocycles. The number of hydrogen-bond donors (Lipinski definition) is 1. The quantitative estimate of drug-likeness (QED) is 0.657. The number of nitrogens with one attached hydrogen (secondary N) is 1. The highest BCUT2D eigenvalue weighted by Crippen LogP contribution is 1.97. The molecule has 0 unspecified atom stereocenters. The fourth-order valence-electron chi connectivity index (χ4n) is 1.42. The molecule has 17 heavy (non-hydrogen) atoms. The van der Waals surface area contributed by atoms with Gasteiger partial charge in [0.2, 0.25) is 5.69 Å². The average Bonchev–Trinajstić information content (AvgIpc) is 2.33. The summed E-state index contributed by atoms with van der Waals surface area (Å²) >= 11 is 0. The molecule has 0 aliphatic rings. The van der Waals surface area contributed by atoms with E-state index in [0.717, 1.165) is 5.69 Å². The van der Waals surface area contributed by atoms with Gasteiger partial charge in [-0.1, -0.05) is 22.9 Å². The minimum absolute atomic E-state index is 0. The second kappa shape index (κ2) is 6.01. The Morgan fingerprint density at radius 1 is 1.06 bits per heavy atom. The summed E-state index contributed by atoms with van der Waals surface area (Å²) in [6.45, 7) is 1.94. The Balaban J connectivity index is 0.00000144. The topological polar surface area (TPSA) is 33.0 Å². The maximum absolute atomic E-state index is 11.8. The zero-order valence-electron chi connectivity index (χ0n) is 9.43. The van der Waals surface area contributed by atoms with Crippen LogP contribution in [0.4, 0.5) is 0 Å². The third-order valence-electron chi connectivity index (χ3n) is 2.32. The van der Waals surface area contributed by atoms with Gasteiger partial charge in [-0.25, -0.2) is 0 Å². The molecule has 1 heterocycles. The maximum Gasteiger partial charge on any atom is 0.305 e. The van der Waals surface area contributed by atoms with Crippen LogP contribution in [0.25, 0.3) is 0 Å². The number of nitrogens with zero attached hydrogens (tertiary/aromatic N) is 1. The van der Waals surface area contributed by atoms with Crippen molar-refractivity contribution >= 4 is 5.91 Å². The zero-order chi connectivity index (χ0) is 11.4. The number of amides is 1. The van der Waals surface area contributed by atoms with Gasteiger partial charge in [-0.05, 0) is 18.2 Å². The Labute approximate surface area is 106 Å². The lowest BCUT2D eigenvalue weighted by Crippen LogP contribution is -3.00. The molecule has 0 radical (unpaired) electrons. The van der Waals surface area contributed by atoms with Crippen molar-refractivity contribution in [2.24, 2.45) is 0 Å². The van der Waals surface area contributed by atoms with Crippen LogP contribution in [0.2, 0.25) is 0 Å². The van der Waals surface area contributed by atoms with Crippen LogP contribution < -0.4 is 22.5 Å². The first-order chi connectivity index (χ1) is 7.77. The van der Waals surface area contributed by atoms with Crippen molar-refractivity contribution in [2.75, 3.05) is 5.43 Å². The molecule has 0 saturated carbocycles. The standard InChI is InChI=1S/C13H12N2O.ClH/c1-11-7-5-6-10-15(11)14-13(16)12-8-3-2-4-9-12;/h2-10H,1H3;1H. The van der Waals surface area contributed by atoms with Crippen molar-refractivity contribution < 1.29 is 21.9 Å². The van der Waals surface area contributed by atoms with Gasteiger partial charge in [-0.3, -0.25) is 4.79 Å². The Morgan fingerprint density at radius 2 is 1.71 bits per heavy atom. The largest absolute Gasteiger partial charge is 1.00 e. The highest BCUT2D eigenvalue weighted by Gasteiger charge is 2.11. The molecule has 2 rings (SSSR count). The van der Waals surface area contributed by atoms with E-state index in [9.17, 15) is 4.79 Å². The third kappa shape index (κ3) is 3.29. The Morgan fingerprint density at radius 3 is 2.35 bits per heavy atom. The van der Waals surface area contributed by atoms with Gasteiger partial charge in [0.05, 0.1) is 0 Å². The first-order valence-electron chi connectivity index (χ1n) is 5.11.